The largest absolute Gasteiger partial charge is 0.403 e. The Kier molecular flexibility index (Phi) is 2.26. The zero-order valence-corrected chi connectivity index (χ0v) is 7.40. The number of alkyl halides is 3. The monoisotopic (exact) mass is 193 g/mol. The van der Waals surface area contributed by atoms with E-state index in [0.717, 1.165) is 25.7 Å². The van der Waals surface area contributed by atoms with Crippen LogP contribution in [-0.4, -0.2) is 18.3 Å². The molecule has 0 amide bonds. The van der Waals surface area contributed by atoms with Crippen molar-refractivity contribution in [1.82, 2.24) is 5.32 Å². The highest BCUT2D eigenvalue weighted by molar-refractivity contribution is 4.93. The van der Waals surface area contributed by atoms with Gasteiger partial charge in [0, 0.05) is 6.04 Å². The number of hydrogen-bond donors (Lipinski definition) is 1. The lowest BCUT2D eigenvalue weighted by Crippen LogP contribution is -2.51. The third kappa shape index (κ3) is 2.16. The summed E-state index contributed by atoms with van der Waals surface area (Å²) in [6, 6.07) is -1.10. The normalized spacial score (nSPS) is 36.2. The van der Waals surface area contributed by atoms with E-state index in [4.69, 9.17) is 0 Å². The van der Waals surface area contributed by atoms with Gasteiger partial charge in [-0.15, -0.1) is 0 Å². The Morgan fingerprint density at radius 2 is 1.69 bits per heavy atom. The average molecular weight is 193 g/mol. The Balaban J connectivity index is 1.91. The van der Waals surface area contributed by atoms with Gasteiger partial charge in [-0.2, -0.15) is 13.2 Å². The molecule has 1 saturated carbocycles. The third-order valence-electron chi connectivity index (χ3n) is 3.01. The van der Waals surface area contributed by atoms with Crippen LogP contribution < -0.4 is 5.32 Å². The van der Waals surface area contributed by atoms with E-state index in [-0.39, 0.29) is 12.5 Å². The molecule has 0 aromatic heterocycles. The summed E-state index contributed by atoms with van der Waals surface area (Å²) in [7, 11) is 0. The number of hydrogen-bond acceptors (Lipinski definition) is 1. The number of rotatable bonds is 1. The van der Waals surface area contributed by atoms with Crippen LogP contribution in [0.25, 0.3) is 0 Å². The molecule has 1 heterocycles. The van der Waals surface area contributed by atoms with Gasteiger partial charge in [0.25, 0.3) is 0 Å². The van der Waals surface area contributed by atoms with E-state index in [1.807, 2.05) is 0 Å². The first kappa shape index (κ1) is 9.31. The van der Waals surface area contributed by atoms with Crippen LogP contribution in [0.4, 0.5) is 13.2 Å². The van der Waals surface area contributed by atoms with Crippen molar-refractivity contribution in [3.63, 3.8) is 0 Å². The van der Waals surface area contributed by atoms with E-state index in [0.29, 0.717) is 5.92 Å². The van der Waals surface area contributed by atoms with Crippen molar-refractivity contribution in [3.8, 4) is 0 Å². The first-order chi connectivity index (χ1) is 6.07. The summed E-state index contributed by atoms with van der Waals surface area (Å²) in [5, 5.41) is 2.73. The molecule has 0 spiro atoms. The summed E-state index contributed by atoms with van der Waals surface area (Å²) in [5.41, 5.74) is 0. The van der Waals surface area contributed by atoms with Crippen molar-refractivity contribution in [2.45, 2.75) is 50.4 Å². The van der Waals surface area contributed by atoms with Gasteiger partial charge < -0.3 is 5.32 Å². The van der Waals surface area contributed by atoms with E-state index < -0.39 is 12.2 Å². The summed E-state index contributed by atoms with van der Waals surface area (Å²) in [5.74, 6) is 0.533. The maximum atomic E-state index is 12.3. The van der Waals surface area contributed by atoms with Gasteiger partial charge in [-0.05, 0) is 38.0 Å². The van der Waals surface area contributed by atoms with E-state index in [9.17, 15) is 13.2 Å². The molecule has 1 N–H and O–H groups in total. The van der Waals surface area contributed by atoms with Crippen LogP contribution in [0.15, 0.2) is 0 Å². The van der Waals surface area contributed by atoms with Gasteiger partial charge in [-0.3, -0.25) is 0 Å². The Morgan fingerprint density at radius 3 is 2.23 bits per heavy atom. The quantitative estimate of drug-likeness (QED) is 0.674. The predicted octanol–water partition coefficient (Wildman–Crippen LogP) is 2.47. The minimum absolute atomic E-state index is 0.139. The molecule has 2 fully saturated rings. The van der Waals surface area contributed by atoms with Gasteiger partial charge >= 0.3 is 6.18 Å². The van der Waals surface area contributed by atoms with Gasteiger partial charge in [-0.25, -0.2) is 0 Å². The molecule has 2 unspecified atom stereocenters. The molecule has 1 aliphatic heterocycles. The number of piperidine rings is 1. The predicted molar refractivity (Wildman–Crippen MR) is 43.3 cm³/mol. The summed E-state index contributed by atoms with van der Waals surface area (Å²) >= 11 is 0. The molecule has 1 nitrogen and oxygen atoms in total. The second-order valence-electron chi connectivity index (χ2n) is 4.14. The van der Waals surface area contributed by atoms with Crippen LogP contribution in [0.1, 0.15) is 32.1 Å². The maximum absolute atomic E-state index is 12.3. The van der Waals surface area contributed by atoms with Crippen LogP contribution in [0.2, 0.25) is 0 Å². The fourth-order valence-electron chi connectivity index (χ4n) is 2.10. The fraction of sp³-hybridized carbons (Fsp3) is 1.00. The lowest BCUT2D eigenvalue weighted by molar-refractivity contribution is -0.163. The van der Waals surface area contributed by atoms with Crippen molar-refractivity contribution in [3.05, 3.63) is 0 Å². The maximum Gasteiger partial charge on any atom is 0.403 e. The van der Waals surface area contributed by atoms with E-state index >= 15 is 0 Å². The molecule has 76 valence electrons. The zero-order chi connectivity index (χ0) is 9.47. The molecule has 2 aliphatic rings. The second kappa shape index (κ2) is 3.15. The van der Waals surface area contributed by atoms with Crippen molar-refractivity contribution in [1.29, 1.82) is 0 Å². The summed E-state index contributed by atoms with van der Waals surface area (Å²) in [6.07, 6.45) is 0.0837. The molecule has 1 aliphatic carbocycles. The smallest absolute Gasteiger partial charge is 0.303 e. The highest BCUT2D eigenvalue weighted by Crippen LogP contribution is 2.38. The minimum atomic E-state index is -4.05. The Bertz CT molecular complexity index is 186. The van der Waals surface area contributed by atoms with Crippen molar-refractivity contribution < 1.29 is 13.2 Å². The lowest BCUT2D eigenvalue weighted by Gasteiger charge is -2.32. The summed E-state index contributed by atoms with van der Waals surface area (Å²) in [4.78, 5) is 0. The van der Waals surface area contributed by atoms with Gasteiger partial charge in [-0.1, -0.05) is 0 Å². The zero-order valence-electron chi connectivity index (χ0n) is 7.40. The molecule has 13 heavy (non-hydrogen) atoms. The summed E-state index contributed by atoms with van der Waals surface area (Å²) in [6.45, 7) is 0. The summed E-state index contributed by atoms with van der Waals surface area (Å²) < 4.78 is 37.0. The van der Waals surface area contributed by atoms with E-state index in [2.05, 4.69) is 5.32 Å². The first-order valence-corrected chi connectivity index (χ1v) is 4.90. The van der Waals surface area contributed by atoms with E-state index in [1.54, 1.807) is 0 Å². The van der Waals surface area contributed by atoms with Gasteiger partial charge in [0.15, 0.2) is 0 Å². The van der Waals surface area contributed by atoms with E-state index in [1.165, 1.54) is 0 Å². The Hall–Kier alpha value is -0.250. The van der Waals surface area contributed by atoms with Crippen molar-refractivity contribution in [2.24, 2.45) is 5.92 Å². The van der Waals surface area contributed by atoms with Crippen LogP contribution >= 0.6 is 0 Å². The highest BCUT2D eigenvalue weighted by atomic mass is 19.4. The topological polar surface area (TPSA) is 12.0 Å². The highest BCUT2D eigenvalue weighted by Gasteiger charge is 2.44. The minimum Gasteiger partial charge on any atom is -0.303 e. The molecule has 0 bridgehead atoms. The molecule has 1 saturated heterocycles. The van der Waals surface area contributed by atoms with Crippen LogP contribution in [0.3, 0.4) is 0 Å². The molecule has 0 aromatic rings. The average Bonchev–Trinajstić information content (AvgIpc) is 2.85. The van der Waals surface area contributed by atoms with Gasteiger partial charge in [0.2, 0.25) is 0 Å². The molecular formula is C9H14F3N. The fourth-order valence-corrected chi connectivity index (χ4v) is 2.10. The van der Waals surface area contributed by atoms with Crippen molar-refractivity contribution in [2.75, 3.05) is 0 Å². The SMILES string of the molecule is FC(F)(F)C1CCCC(C2CC2)N1. The number of nitrogens with one attached hydrogen (secondary N) is 1. The lowest BCUT2D eigenvalue weighted by atomic mass is 9.95. The van der Waals surface area contributed by atoms with Gasteiger partial charge in [0.05, 0.1) is 0 Å². The Labute approximate surface area is 75.7 Å². The molecule has 2 atom stereocenters. The second-order valence-corrected chi connectivity index (χ2v) is 4.14. The molecular weight excluding hydrogens is 179 g/mol. The van der Waals surface area contributed by atoms with Gasteiger partial charge in [0.1, 0.15) is 6.04 Å². The molecule has 0 radical (unpaired) electrons. The number of halogens is 3. The van der Waals surface area contributed by atoms with Crippen molar-refractivity contribution >= 4 is 0 Å². The first-order valence-electron chi connectivity index (χ1n) is 4.90. The van der Waals surface area contributed by atoms with Crippen LogP contribution in [-0.2, 0) is 0 Å². The molecule has 0 aromatic carbocycles. The Morgan fingerprint density at radius 1 is 1.00 bits per heavy atom. The van der Waals surface area contributed by atoms with Crippen LogP contribution in [0.5, 0.6) is 0 Å². The standard InChI is InChI=1S/C9H14F3N/c10-9(11,12)8-3-1-2-7(13-8)6-4-5-6/h6-8,13H,1-5H2. The molecule has 4 heteroatoms. The third-order valence-corrected chi connectivity index (χ3v) is 3.01. The van der Waals surface area contributed by atoms with Crippen LogP contribution in [0, 0.1) is 5.92 Å². The molecule has 2 rings (SSSR count).